The summed E-state index contributed by atoms with van der Waals surface area (Å²) >= 11 is 0. The lowest BCUT2D eigenvalue weighted by Crippen LogP contribution is -2.51. The predicted octanol–water partition coefficient (Wildman–Crippen LogP) is 1.96. The van der Waals surface area contributed by atoms with E-state index in [1.165, 1.54) is 4.90 Å². The highest BCUT2D eigenvalue weighted by atomic mass is 19.4. The number of benzene rings is 1. The maximum absolute atomic E-state index is 12.8. The summed E-state index contributed by atoms with van der Waals surface area (Å²) in [5.74, 6) is -2.49. The molecule has 1 heterocycles. The lowest BCUT2D eigenvalue weighted by molar-refractivity contribution is -0.145. The van der Waals surface area contributed by atoms with Gasteiger partial charge in [-0.25, -0.2) is 0 Å². The molecule has 0 radical (unpaired) electrons. The molecule has 27 heavy (non-hydrogen) atoms. The van der Waals surface area contributed by atoms with Crippen LogP contribution in [0.2, 0.25) is 0 Å². The molecule has 1 N–H and O–H groups in total. The Morgan fingerprint density at radius 1 is 0.889 bits per heavy atom. The number of amides is 3. The maximum atomic E-state index is 12.8. The Balaban J connectivity index is 2.19. The van der Waals surface area contributed by atoms with Gasteiger partial charge >= 0.3 is 24.2 Å². The van der Waals surface area contributed by atoms with Crippen molar-refractivity contribution in [2.75, 3.05) is 31.5 Å². The van der Waals surface area contributed by atoms with Crippen LogP contribution in [0.5, 0.6) is 0 Å². The molecular weight excluding hydrogens is 384 g/mol. The van der Waals surface area contributed by atoms with Gasteiger partial charge in [0.15, 0.2) is 0 Å². The molecule has 0 aliphatic carbocycles. The topological polar surface area (TPSA) is 69.7 Å². The van der Waals surface area contributed by atoms with Crippen LogP contribution in [0, 0.1) is 0 Å². The number of nitrogens with zero attached hydrogens (tertiary/aromatic N) is 2. The van der Waals surface area contributed by atoms with Crippen LogP contribution in [-0.2, 0) is 26.7 Å². The van der Waals surface area contributed by atoms with Gasteiger partial charge in [-0.15, -0.1) is 0 Å². The van der Waals surface area contributed by atoms with E-state index in [0.29, 0.717) is 18.5 Å². The zero-order valence-corrected chi connectivity index (χ0v) is 13.5. The summed E-state index contributed by atoms with van der Waals surface area (Å²) in [7, 11) is 0. The van der Waals surface area contributed by atoms with Gasteiger partial charge in [0.1, 0.15) is 0 Å². The second-order valence-electron chi connectivity index (χ2n) is 5.68. The quantitative estimate of drug-likeness (QED) is 0.471. The first-order chi connectivity index (χ1) is 12.4. The highest BCUT2D eigenvalue weighted by Gasteiger charge is 2.37. The van der Waals surface area contributed by atoms with Crippen molar-refractivity contribution in [2.45, 2.75) is 12.4 Å². The molecular formula is C15H13F6N3O3. The fourth-order valence-electron chi connectivity index (χ4n) is 2.39. The number of piperazine rings is 1. The number of carbonyl (C=O) groups excluding carboxylic acids is 3. The molecule has 1 aromatic rings. The average molecular weight is 397 g/mol. The molecule has 0 saturated carbocycles. The standard InChI is InChI=1S/C15H13F6N3O3/c16-14(17,18)9-5-10(15(19,20)21)7-11(6-9)22-12(26)13(27)24-3-1-23(8-25)2-4-24/h5-8H,1-4H2,(H,22,26). The minimum absolute atomic E-state index is 0.0153. The summed E-state index contributed by atoms with van der Waals surface area (Å²) in [6, 6.07) is 0.533. The van der Waals surface area contributed by atoms with E-state index in [0.717, 1.165) is 4.90 Å². The fraction of sp³-hybridized carbons (Fsp3) is 0.400. The monoisotopic (exact) mass is 397 g/mol. The van der Waals surface area contributed by atoms with E-state index in [1.54, 1.807) is 5.32 Å². The van der Waals surface area contributed by atoms with E-state index in [9.17, 15) is 40.7 Å². The van der Waals surface area contributed by atoms with Gasteiger partial charge in [-0.2, -0.15) is 26.3 Å². The van der Waals surface area contributed by atoms with Gasteiger partial charge in [0.25, 0.3) is 0 Å². The van der Waals surface area contributed by atoms with Crippen LogP contribution in [0.25, 0.3) is 0 Å². The number of alkyl halides is 6. The Bertz CT molecular complexity index is 707. The summed E-state index contributed by atoms with van der Waals surface area (Å²) in [6.07, 6.45) is -9.59. The summed E-state index contributed by atoms with van der Waals surface area (Å²) in [4.78, 5) is 37.0. The third kappa shape index (κ3) is 5.11. The van der Waals surface area contributed by atoms with Crippen LogP contribution in [0.3, 0.4) is 0 Å². The Kier molecular flexibility index (Phi) is 5.66. The van der Waals surface area contributed by atoms with Crippen molar-refractivity contribution in [3.63, 3.8) is 0 Å². The second-order valence-corrected chi connectivity index (χ2v) is 5.68. The number of halogens is 6. The second kappa shape index (κ2) is 7.45. The molecule has 6 nitrogen and oxygen atoms in total. The Morgan fingerprint density at radius 3 is 1.78 bits per heavy atom. The number of rotatable bonds is 2. The third-order valence-electron chi connectivity index (χ3n) is 3.79. The molecule has 0 spiro atoms. The van der Waals surface area contributed by atoms with Gasteiger partial charge in [-0.1, -0.05) is 0 Å². The molecule has 3 amide bonds. The van der Waals surface area contributed by atoms with Gasteiger partial charge in [0, 0.05) is 31.9 Å². The molecule has 0 aromatic heterocycles. The molecule has 1 saturated heterocycles. The van der Waals surface area contributed by atoms with Crippen molar-refractivity contribution in [1.82, 2.24) is 9.80 Å². The van der Waals surface area contributed by atoms with Crippen LogP contribution in [-0.4, -0.2) is 54.2 Å². The number of hydrogen-bond acceptors (Lipinski definition) is 3. The minimum Gasteiger partial charge on any atom is -0.342 e. The number of nitrogens with one attached hydrogen (secondary N) is 1. The van der Waals surface area contributed by atoms with Crippen LogP contribution in [0.4, 0.5) is 32.0 Å². The number of anilines is 1. The van der Waals surface area contributed by atoms with Crippen LogP contribution >= 0.6 is 0 Å². The molecule has 12 heteroatoms. The Morgan fingerprint density at radius 2 is 1.37 bits per heavy atom. The molecule has 0 bridgehead atoms. The van der Waals surface area contributed by atoms with Crippen LogP contribution in [0.1, 0.15) is 11.1 Å². The average Bonchev–Trinajstić information content (AvgIpc) is 2.59. The Hall–Kier alpha value is -2.79. The molecule has 1 fully saturated rings. The van der Waals surface area contributed by atoms with Gasteiger partial charge in [0.05, 0.1) is 11.1 Å². The molecule has 1 aromatic carbocycles. The van der Waals surface area contributed by atoms with Gasteiger partial charge in [-0.05, 0) is 18.2 Å². The van der Waals surface area contributed by atoms with E-state index in [1.807, 2.05) is 0 Å². The molecule has 2 rings (SSSR count). The van der Waals surface area contributed by atoms with Crippen molar-refractivity contribution in [2.24, 2.45) is 0 Å². The van der Waals surface area contributed by atoms with E-state index in [4.69, 9.17) is 0 Å². The first-order valence-corrected chi connectivity index (χ1v) is 7.51. The zero-order chi connectivity index (χ0) is 20.4. The van der Waals surface area contributed by atoms with Gasteiger partial charge < -0.3 is 15.1 Å². The van der Waals surface area contributed by atoms with Crippen molar-refractivity contribution in [3.8, 4) is 0 Å². The first kappa shape index (κ1) is 20.5. The summed E-state index contributed by atoms with van der Waals surface area (Å²) in [6.45, 7) is 0.345. The molecule has 1 aliphatic rings. The van der Waals surface area contributed by atoms with E-state index in [-0.39, 0.29) is 32.2 Å². The lowest BCUT2D eigenvalue weighted by Gasteiger charge is -2.32. The molecule has 0 unspecified atom stereocenters. The van der Waals surface area contributed by atoms with Crippen molar-refractivity contribution >= 4 is 23.9 Å². The van der Waals surface area contributed by atoms with E-state index in [2.05, 4.69) is 0 Å². The molecule has 148 valence electrons. The van der Waals surface area contributed by atoms with E-state index >= 15 is 0 Å². The van der Waals surface area contributed by atoms with Crippen molar-refractivity contribution in [1.29, 1.82) is 0 Å². The smallest absolute Gasteiger partial charge is 0.342 e. The molecule has 1 aliphatic heterocycles. The third-order valence-corrected chi connectivity index (χ3v) is 3.79. The van der Waals surface area contributed by atoms with Gasteiger partial charge in [-0.3, -0.25) is 14.4 Å². The van der Waals surface area contributed by atoms with Crippen LogP contribution < -0.4 is 5.32 Å². The lowest BCUT2D eigenvalue weighted by atomic mass is 10.1. The Labute approximate surface area is 148 Å². The first-order valence-electron chi connectivity index (χ1n) is 7.51. The minimum atomic E-state index is -5.07. The number of hydrogen-bond donors (Lipinski definition) is 1. The fourth-order valence-corrected chi connectivity index (χ4v) is 2.39. The maximum Gasteiger partial charge on any atom is 0.416 e. The van der Waals surface area contributed by atoms with Gasteiger partial charge in [0.2, 0.25) is 6.41 Å². The largest absolute Gasteiger partial charge is 0.416 e. The van der Waals surface area contributed by atoms with Crippen molar-refractivity contribution < 1.29 is 40.7 Å². The predicted molar refractivity (Wildman–Crippen MR) is 79.3 cm³/mol. The molecule has 0 atom stereocenters. The summed E-state index contributed by atoms with van der Waals surface area (Å²) < 4.78 is 76.8. The van der Waals surface area contributed by atoms with E-state index < -0.39 is 41.0 Å². The van der Waals surface area contributed by atoms with Crippen molar-refractivity contribution in [3.05, 3.63) is 29.3 Å². The summed E-state index contributed by atoms with van der Waals surface area (Å²) in [5.41, 5.74) is -4.03. The SMILES string of the molecule is O=CN1CCN(C(=O)C(=O)Nc2cc(C(F)(F)F)cc(C(F)(F)F)c2)CC1. The summed E-state index contributed by atoms with van der Waals surface area (Å²) in [5, 5.41) is 1.78. The zero-order valence-electron chi connectivity index (χ0n) is 13.5. The highest BCUT2D eigenvalue weighted by molar-refractivity contribution is 6.39. The van der Waals surface area contributed by atoms with Crippen LogP contribution in [0.15, 0.2) is 18.2 Å². The number of carbonyl (C=O) groups is 3. The highest BCUT2D eigenvalue weighted by Crippen LogP contribution is 2.37. The normalized spacial score (nSPS) is 15.5.